The second kappa shape index (κ2) is 11.8. The van der Waals surface area contributed by atoms with Crippen LogP contribution in [0.15, 0.2) is 73.3 Å². The van der Waals surface area contributed by atoms with Crippen LogP contribution in [0.2, 0.25) is 0 Å². The van der Waals surface area contributed by atoms with E-state index in [4.69, 9.17) is 14.2 Å². The molecule has 1 saturated heterocycles. The summed E-state index contributed by atoms with van der Waals surface area (Å²) in [5.41, 5.74) is 3.96. The van der Waals surface area contributed by atoms with E-state index < -0.39 is 0 Å². The van der Waals surface area contributed by atoms with Crippen LogP contribution in [0.4, 0.5) is 0 Å². The van der Waals surface area contributed by atoms with Gasteiger partial charge < -0.3 is 24.4 Å². The van der Waals surface area contributed by atoms with E-state index in [2.05, 4.69) is 15.3 Å². The zero-order chi connectivity index (χ0) is 28.2. The van der Waals surface area contributed by atoms with Gasteiger partial charge in [-0.05, 0) is 66.4 Å². The molecule has 10 nitrogen and oxygen atoms in total. The maximum Gasteiger partial charge on any atom is 0.258 e. The minimum Gasteiger partial charge on any atom is -0.493 e. The third kappa shape index (κ3) is 5.92. The Hall–Kier alpha value is -4.70. The number of hydrogen-bond acceptors (Lipinski definition) is 7. The van der Waals surface area contributed by atoms with E-state index in [0.29, 0.717) is 42.6 Å². The van der Waals surface area contributed by atoms with Gasteiger partial charge in [0.2, 0.25) is 0 Å². The molecule has 2 aromatic carbocycles. The van der Waals surface area contributed by atoms with Gasteiger partial charge in [0.25, 0.3) is 11.8 Å². The number of methoxy groups -OCH3 is 1. The molecule has 2 aliphatic heterocycles. The predicted octanol–water partition coefficient (Wildman–Crippen LogP) is 3.77. The first kappa shape index (κ1) is 26.5. The van der Waals surface area contributed by atoms with Gasteiger partial charge in [-0.2, -0.15) is 0 Å². The number of rotatable bonds is 5. The van der Waals surface area contributed by atoms with Crippen molar-refractivity contribution in [1.29, 1.82) is 0 Å². The molecule has 0 spiro atoms. The van der Waals surface area contributed by atoms with Crippen LogP contribution in [0, 0.1) is 0 Å². The number of nitrogens with zero attached hydrogens (tertiary/aromatic N) is 4. The Kier molecular flexibility index (Phi) is 7.64. The van der Waals surface area contributed by atoms with E-state index in [0.717, 1.165) is 35.2 Å². The molecule has 2 amide bonds. The zero-order valence-corrected chi connectivity index (χ0v) is 22.8. The Morgan fingerprint density at radius 2 is 2.00 bits per heavy atom. The number of fused-ring (bicyclic) bond motifs is 7. The van der Waals surface area contributed by atoms with Gasteiger partial charge >= 0.3 is 0 Å². The fraction of sp³-hybridized carbons (Fsp3) is 0.290. The van der Waals surface area contributed by atoms with Crippen LogP contribution in [0.1, 0.15) is 34.3 Å². The van der Waals surface area contributed by atoms with Gasteiger partial charge in [-0.1, -0.05) is 6.07 Å². The predicted molar refractivity (Wildman–Crippen MR) is 151 cm³/mol. The number of imidazole rings is 1. The first-order valence-electron chi connectivity index (χ1n) is 13.6. The van der Waals surface area contributed by atoms with E-state index in [1.54, 1.807) is 31.6 Å². The number of pyridine rings is 1. The van der Waals surface area contributed by atoms with Crippen molar-refractivity contribution in [3.05, 3.63) is 90.0 Å². The molecular formula is C31H31N5O5. The second-order valence-electron chi connectivity index (χ2n) is 10.1. The topological polar surface area (TPSA) is 108 Å². The number of carbonyl (C=O) groups is 2. The van der Waals surface area contributed by atoms with Crippen LogP contribution in [-0.4, -0.2) is 64.2 Å². The minimum atomic E-state index is -0.277. The zero-order valence-electron chi connectivity index (χ0n) is 22.8. The molecule has 0 aliphatic carbocycles. The Morgan fingerprint density at radius 1 is 1.12 bits per heavy atom. The Morgan fingerprint density at radius 3 is 2.80 bits per heavy atom. The number of benzene rings is 2. The largest absolute Gasteiger partial charge is 0.493 e. The summed E-state index contributed by atoms with van der Waals surface area (Å²) in [5.74, 6) is 1.32. The van der Waals surface area contributed by atoms with Crippen molar-refractivity contribution < 1.29 is 23.8 Å². The highest BCUT2D eigenvalue weighted by molar-refractivity contribution is 5.95. The van der Waals surface area contributed by atoms with Crippen molar-refractivity contribution in [1.82, 2.24) is 24.8 Å². The molecule has 1 fully saturated rings. The Bertz CT molecular complexity index is 1550. The number of aromatic nitrogens is 3. The third-order valence-corrected chi connectivity index (χ3v) is 7.35. The Balaban J connectivity index is 1.25. The summed E-state index contributed by atoms with van der Waals surface area (Å²) in [6, 6.07) is 15.1. The maximum atomic E-state index is 13.7. The molecular weight excluding hydrogens is 522 g/mol. The van der Waals surface area contributed by atoms with E-state index in [1.165, 1.54) is 0 Å². The van der Waals surface area contributed by atoms with Crippen LogP contribution in [0.5, 0.6) is 11.5 Å². The average molecular weight is 554 g/mol. The number of piperidine rings is 1. The maximum absolute atomic E-state index is 13.7. The van der Waals surface area contributed by atoms with Gasteiger partial charge in [-0.25, -0.2) is 4.98 Å². The van der Waals surface area contributed by atoms with E-state index in [9.17, 15) is 9.59 Å². The number of carbonyl (C=O) groups excluding carboxylic acids is 2. The number of amides is 2. The van der Waals surface area contributed by atoms with Gasteiger partial charge in [-0.3, -0.25) is 19.1 Å². The molecule has 1 N–H and O–H groups in total. The number of hydrogen-bond donors (Lipinski definition) is 1. The van der Waals surface area contributed by atoms with Gasteiger partial charge in [0.15, 0.2) is 18.1 Å². The van der Waals surface area contributed by atoms with Crippen LogP contribution >= 0.6 is 0 Å². The lowest BCUT2D eigenvalue weighted by Gasteiger charge is -2.32. The summed E-state index contributed by atoms with van der Waals surface area (Å²) in [7, 11) is 1.55. The summed E-state index contributed by atoms with van der Waals surface area (Å²) in [5, 5.41) is 2.90. The number of ether oxygens (including phenoxy) is 3. The first-order valence-corrected chi connectivity index (χ1v) is 13.6. The molecule has 4 bridgehead atoms. The third-order valence-electron chi connectivity index (χ3n) is 7.35. The van der Waals surface area contributed by atoms with Crippen molar-refractivity contribution in [3.8, 4) is 28.6 Å². The molecule has 10 heteroatoms. The molecule has 6 rings (SSSR count). The first-order chi connectivity index (χ1) is 20.1. The monoisotopic (exact) mass is 553 g/mol. The molecule has 210 valence electrons. The number of nitrogens with one attached hydrogen (secondary N) is 1. The SMILES string of the molecule is COc1ccc2cc1OCC(=O)NCc1cc(C(=O)N3CCC(OCc4cccnc4)CC3)cc(c1)-n1ccnc1-2. The summed E-state index contributed by atoms with van der Waals surface area (Å²) in [4.78, 5) is 36.9. The highest BCUT2D eigenvalue weighted by Crippen LogP contribution is 2.33. The number of likely N-dealkylation sites (tertiary alicyclic amines) is 1. The summed E-state index contributed by atoms with van der Waals surface area (Å²) in [6.07, 6.45) is 8.75. The van der Waals surface area contributed by atoms with Crippen molar-refractivity contribution in [2.24, 2.45) is 0 Å². The van der Waals surface area contributed by atoms with Gasteiger partial charge in [0, 0.05) is 61.2 Å². The summed E-state index contributed by atoms with van der Waals surface area (Å²) in [6.45, 7) is 1.80. The fourth-order valence-corrected chi connectivity index (χ4v) is 5.19. The molecule has 0 unspecified atom stereocenters. The van der Waals surface area contributed by atoms with Gasteiger partial charge in [0.05, 0.1) is 19.8 Å². The molecule has 4 aromatic rings. The van der Waals surface area contributed by atoms with Crippen LogP contribution in [0.3, 0.4) is 0 Å². The van der Waals surface area contributed by atoms with Crippen molar-refractivity contribution in [3.63, 3.8) is 0 Å². The van der Waals surface area contributed by atoms with Crippen molar-refractivity contribution >= 4 is 11.8 Å². The van der Waals surface area contributed by atoms with Gasteiger partial charge in [0.1, 0.15) is 5.82 Å². The minimum absolute atomic E-state index is 0.0498. The quantitative estimate of drug-likeness (QED) is 0.401. The molecule has 0 radical (unpaired) electrons. The normalized spacial score (nSPS) is 15.4. The molecule has 2 aromatic heterocycles. The lowest BCUT2D eigenvalue weighted by molar-refractivity contribution is -0.123. The van der Waals surface area contributed by atoms with Gasteiger partial charge in [-0.15, -0.1) is 0 Å². The van der Waals surface area contributed by atoms with Crippen LogP contribution in [-0.2, 0) is 22.7 Å². The molecule has 0 saturated carbocycles. The molecule has 0 atom stereocenters. The highest BCUT2D eigenvalue weighted by atomic mass is 16.5. The second-order valence-corrected chi connectivity index (χ2v) is 10.1. The molecule has 4 heterocycles. The standard InChI is InChI=1S/C31H31N5O5/c1-39-27-5-4-23-16-28(27)41-20-29(37)34-18-22-13-24(15-25(14-22)36-12-9-33-30(23)36)31(38)35-10-6-26(7-11-35)40-19-21-3-2-8-32-17-21/h2-5,8-9,12-17,26H,6-7,10-11,18-20H2,1H3,(H,34,37). The summed E-state index contributed by atoms with van der Waals surface area (Å²) < 4.78 is 19.2. The van der Waals surface area contributed by atoms with E-state index in [-0.39, 0.29) is 31.1 Å². The van der Waals surface area contributed by atoms with Crippen LogP contribution in [0.25, 0.3) is 17.1 Å². The van der Waals surface area contributed by atoms with E-state index in [1.807, 2.05) is 58.3 Å². The van der Waals surface area contributed by atoms with Crippen molar-refractivity contribution in [2.45, 2.75) is 32.1 Å². The Labute approximate surface area is 237 Å². The smallest absolute Gasteiger partial charge is 0.258 e. The fourth-order valence-electron chi connectivity index (χ4n) is 5.19. The van der Waals surface area contributed by atoms with Crippen LogP contribution < -0.4 is 14.8 Å². The lowest BCUT2D eigenvalue weighted by atomic mass is 10.0. The molecule has 41 heavy (non-hydrogen) atoms. The average Bonchev–Trinajstić information content (AvgIpc) is 3.52. The van der Waals surface area contributed by atoms with Crippen molar-refractivity contribution in [2.75, 3.05) is 26.8 Å². The highest BCUT2D eigenvalue weighted by Gasteiger charge is 2.25. The van der Waals surface area contributed by atoms with E-state index >= 15 is 0 Å². The summed E-state index contributed by atoms with van der Waals surface area (Å²) >= 11 is 0. The molecule has 2 aliphatic rings. The lowest BCUT2D eigenvalue weighted by Crippen LogP contribution is -2.41.